The number of carbonyl (C=O) groups is 1. The van der Waals surface area contributed by atoms with Gasteiger partial charge in [0.1, 0.15) is 12.0 Å². The zero-order valence-electron chi connectivity index (χ0n) is 19.0. The van der Waals surface area contributed by atoms with Gasteiger partial charge in [-0.1, -0.05) is 12.1 Å². The highest BCUT2D eigenvalue weighted by molar-refractivity contribution is 5.98. The summed E-state index contributed by atoms with van der Waals surface area (Å²) in [6.07, 6.45) is 2.21. The van der Waals surface area contributed by atoms with E-state index in [-0.39, 0.29) is 42.3 Å². The van der Waals surface area contributed by atoms with E-state index in [9.17, 15) is 13.6 Å². The lowest BCUT2D eigenvalue weighted by Gasteiger charge is -2.15. The molecule has 34 heavy (non-hydrogen) atoms. The van der Waals surface area contributed by atoms with Crippen LogP contribution in [0.15, 0.2) is 53.1 Å². The van der Waals surface area contributed by atoms with Crippen molar-refractivity contribution in [3.05, 3.63) is 60.0 Å². The standard InChI is InChI=1S/C25H27F2NO6/c1-16(2)33-23-14-17(8-11-22(23)34-25(26)27)24-28-18(15-32-24)9-10-20(30)19-6-3-4-7-21(19)31-13-5-12-29/h3-4,6-8,11,14-16,25,29H,5,9-10,12-13H2,1-2H3. The number of hydrogen-bond donors (Lipinski definition) is 1. The Labute approximate surface area is 196 Å². The summed E-state index contributed by atoms with van der Waals surface area (Å²) in [5.74, 6) is 0.716. The van der Waals surface area contributed by atoms with Crippen LogP contribution in [0.5, 0.6) is 17.2 Å². The first-order valence-electron chi connectivity index (χ1n) is 10.9. The van der Waals surface area contributed by atoms with Crippen LogP contribution in [0.4, 0.5) is 8.78 Å². The molecule has 1 N–H and O–H groups in total. The summed E-state index contributed by atoms with van der Waals surface area (Å²) in [4.78, 5) is 17.2. The molecule has 0 aliphatic carbocycles. The fraction of sp³-hybridized carbons (Fsp3) is 0.360. The first-order valence-corrected chi connectivity index (χ1v) is 10.9. The van der Waals surface area contributed by atoms with E-state index >= 15 is 0 Å². The van der Waals surface area contributed by atoms with Crippen molar-refractivity contribution < 1.29 is 37.3 Å². The van der Waals surface area contributed by atoms with E-state index in [1.165, 1.54) is 18.4 Å². The Morgan fingerprint density at radius 2 is 1.88 bits per heavy atom. The molecule has 0 aliphatic heterocycles. The van der Waals surface area contributed by atoms with Crippen LogP contribution in [0.3, 0.4) is 0 Å². The number of benzene rings is 2. The predicted molar refractivity (Wildman–Crippen MR) is 121 cm³/mol. The van der Waals surface area contributed by atoms with Gasteiger partial charge in [0, 0.05) is 31.4 Å². The smallest absolute Gasteiger partial charge is 0.387 e. The minimum Gasteiger partial charge on any atom is -0.493 e. The van der Waals surface area contributed by atoms with Gasteiger partial charge in [-0.25, -0.2) is 4.98 Å². The van der Waals surface area contributed by atoms with Crippen LogP contribution in [0.25, 0.3) is 11.5 Å². The third-order valence-corrected chi connectivity index (χ3v) is 4.68. The molecule has 0 saturated heterocycles. The normalized spacial score (nSPS) is 11.1. The third-order valence-electron chi connectivity index (χ3n) is 4.68. The van der Waals surface area contributed by atoms with Gasteiger partial charge in [-0.2, -0.15) is 8.78 Å². The largest absolute Gasteiger partial charge is 0.493 e. The first kappa shape index (κ1) is 25.2. The van der Waals surface area contributed by atoms with E-state index in [0.29, 0.717) is 42.0 Å². The van der Waals surface area contributed by atoms with E-state index in [1.807, 2.05) is 0 Å². The van der Waals surface area contributed by atoms with Crippen molar-refractivity contribution in [3.63, 3.8) is 0 Å². The molecule has 0 radical (unpaired) electrons. The number of oxazole rings is 1. The molecule has 3 aromatic rings. The number of aliphatic hydroxyl groups excluding tert-OH is 1. The molecule has 0 saturated carbocycles. The van der Waals surface area contributed by atoms with E-state index in [2.05, 4.69) is 9.72 Å². The lowest BCUT2D eigenvalue weighted by atomic mass is 10.0. The van der Waals surface area contributed by atoms with Gasteiger partial charge >= 0.3 is 6.61 Å². The molecule has 0 aliphatic rings. The molecule has 2 aromatic carbocycles. The van der Waals surface area contributed by atoms with Gasteiger partial charge in [-0.3, -0.25) is 4.79 Å². The van der Waals surface area contributed by atoms with Crippen LogP contribution in [-0.4, -0.2) is 41.8 Å². The number of halogens is 2. The molecule has 9 heteroatoms. The van der Waals surface area contributed by atoms with Gasteiger partial charge in [-0.15, -0.1) is 0 Å². The summed E-state index contributed by atoms with van der Waals surface area (Å²) in [6.45, 7) is 0.898. The van der Waals surface area contributed by atoms with Gasteiger partial charge in [0.25, 0.3) is 0 Å². The van der Waals surface area contributed by atoms with E-state index in [1.54, 1.807) is 44.2 Å². The highest BCUT2D eigenvalue weighted by Crippen LogP contribution is 2.34. The number of Topliss-reactive ketones (excluding diaryl/α,β-unsaturated/α-hetero) is 1. The van der Waals surface area contributed by atoms with Crippen LogP contribution in [0.2, 0.25) is 0 Å². The van der Waals surface area contributed by atoms with Gasteiger partial charge in [0.15, 0.2) is 17.3 Å². The summed E-state index contributed by atoms with van der Waals surface area (Å²) in [6, 6.07) is 11.4. The molecular formula is C25H27F2NO6. The third kappa shape index (κ3) is 7.02. The Morgan fingerprint density at radius 3 is 2.62 bits per heavy atom. The predicted octanol–water partition coefficient (Wildman–Crippen LogP) is 5.31. The summed E-state index contributed by atoms with van der Waals surface area (Å²) < 4.78 is 46.6. The van der Waals surface area contributed by atoms with Crippen molar-refractivity contribution in [3.8, 4) is 28.7 Å². The number of aromatic nitrogens is 1. The molecule has 182 valence electrons. The van der Waals surface area contributed by atoms with Gasteiger partial charge in [0.05, 0.1) is 24.0 Å². The molecule has 7 nitrogen and oxygen atoms in total. The van der Waals surface area contributed by atoms with E-state index in [4.69, 9.17) is 19.0 Å². The van der Waals surface area contributed by atoms with Crippen LogP contribution < -0.4 is 14.2 Å². The second-order valence-electron chi connectivity index (χ2n) is 7.70. The van der Waals surface area contributed by atoms with Gasteiger partial charge in [-0.05, 0) is 44.2 Å². The van der Waals surface area contributed by atoms with Gasteiger partial charge in [0.2, 0.25) is 5.89 Å². The maximum absolute atomic E-state index is 12.7. The summed E-state index contributed by atoms with van der Waals surface area (Å²) in [5, 5.41) is 8.91. The first-order chi connectivity index (χ1) is 16.4. The van der Waals surface area contributed by atoms with Crippen molar-refractivity contribution in [2.75, 3.05) is 13.2 Å². The topological polar surface area (TPSA) is 91.0 Å². The van der Waals surface area contributed by atoms with Crippen molar-refractivity contribution in [2.45, 2.75) is 45.8 Å². The summed E-state index contributed by atoms with van der Waals surface area (Å²) in [7, 11) is 0. The number of alkyl halides is 2. The number of rotatable bonds is 13. The molecule has 3 rings (SSSR count). The fourth-order valence-electron chi connectivity index (χ4n) is 3.18. The Morgan fingerprint density at radius 1 is 1.09 bits per heavy atom. The lowest BCUT2D eigenvalue weighted by molar-refractivity contribution is -0.0518. The second-order valence-corrected chi connectivity index (χ2v) is 7.70. The highest BCUT2D eigenvalue weighted by atomic mass is 19.3. The zero-order chi connectivity index (χ0) is 24.5. The molecule has 0 unspecified atom stereocenters. The van der Waals surface area contributed by atoms with Crippen molar-refractivity contribution >= 4 is 5.78 Å². The molecule has 1 aromatic heterocycles. The monoisotopic (exact) mass is 475 g/mol. The molecule has 0 atom stereocenters. The minimum atomic E-state index is -2.98. The van der Waals surface area contributed by atoms with E-state index in [0.717, 1.165) is 0 Å². The molecule has 1 heterocycles. The number of para-hydroxylation sites is 1. The van der Waals surface area contributed by atoms with Crippen LogP contribution >= 0.6 is 0 Å². The number of ether oxygens (including phenoxy) is 3. The maximum Gasteiger partial charge on any atom is 0.387 e. The van der Waals surface area contributed by atoms with Crippen LogP contribution in [0.1, 0.15) is 42.7 Å². The van der Waals surface area contributed by atoms with Crippen LogP contribution in [0, 0.1) is 0 Å². The summed E-state index contributed by atoms with van der Waals surface area (Å²) >= 11 is 0. The number of aryl methyl sites for hydroxylation is 1. The van der Waals surface area contributed by atoms with Gasteiger partial charge < -0.3 is 23.7 Å². The van der Waals surface area contributed by atoms with Crippen LogP contribution in [-0.2, 0) is 6.42 Å². The fourth-order valence-corrected chi connectivity index (χ4v) is 3.18. The average Bonchev–Trinajstić information content (AvgIpc) is 3.27. The van der Waals surface area contributed by atoms with Crippen molar-refractivity contribution in [2.24, 2.45) is 0 Å². The molecule has 0 fully saturated rings. The Bertz CT molecular complexity index is 1080. The number of nitrogens with zero attached hydrogens (tertiary/aromatic N) is 1. The Hall–Kier alpha value is -3.46. The molecular weight excluding hydrogens is 448 g/mol. The van der Waals surface area contributed by atoms with E-state index < -0.39 is 6.61 Å². The van der Waals surface area contributed by atoms with Crippen molar-refractivity contribution in [1.82, 2.24) is 4.98 Å². The Kier molecular flexibility index (Phi) is 8.98. The maximum atomic E-state index is 12.7. The number of aliphatic hydroxyl groups is 1. The number of carbonyl (C=O) groups excluding carboxylic acids is 1. The van der Waals surface area contributed by atoms with Crippen molar-refractivity contribution in [1.29, 1.82) is 0 Å². The Balaban J connectivity index is 1.69. The quantitative estimate of drug-likeness (QED) is 0.265. The number of hydrogen-bond acceptors (Lipinski definition) is 7. The molecule has 0 bridgehead atoms. The molecule has 0 amide bonds. The lowest BCUT2D eigenvalue weighted by Crippen LogP contribution is -2.09. The average molecular weight is 475 g/mol. The highest BCUT2D eigenvalue weighted by Gasteiger charge is 2.17. The summed E-state index contributed by atoms with van der Waals surface area (Å²) in [5.41, 5.74) is 1.56. The number of ketones is 1. The SMILES string of the molecule is CC(C)Oc1cc(-c2nc(CCC(=O)c3ccccc3OCCCO)co2)ccc1OC(F)F. The minimum absolute atomic E-state index is 0.0116. The molecule has 0 spiro atoms. The zero-order valence-corrected chi connectivity index (χ0v) is 19.0. The second kappa shape index (κ2) is 12.1.